The van der Waals surface area contributed by atoms with Gasteiger partial charge in [-0.25, -0.2) is 4.98 Å². The van der Waals surface area contributed by atoms with Crippen LogP contribution in [0, 0.1) is 6.92 Å². The fraction of sp³-hybridized carbons (Fsp3) is 0.438. The van der Waals surface area contributed by atoms with E-state index in [1.807, 2.05) is 0 Å². The molecular formula is C16H17F3N4O3. The van der Waals surface area contributed by atoms with Gasteiger partial charge in [-0.3, -0.25) is 0 Å². The van der Waals surface area contributed by atoms with E-state index in [-0.39, 0.29) is 23.2 Å². The number of anilines is 1. The van der Waals surface area contributed by atoms with Gasteiger partial charge in [-0.1, -0.05) is 0 Å². The molecule has 3 N–H and O–H groups in total. The molecule has 140 valence electrons. The van der Waals surface area contributed by atoms with Crippen LogP contribution in [0.25, 0.3) is 11.3 Å². The van der Waals surface area contributed by atoms with Gasteiger partial charge in [0.1, 0.15) is 11.4 Å². The van der Waals surface area contributed by atoms with Crippen molar-refractivity contribution < 1.29 is 28.1 Å². The van der Waals surface area contributed by atoms with Crippen LogP contribution in [0.4, 0.5) is 19.1 Å². The molecule has 2 aromatic rings. The smallest absolute Gasteiger partial charge is 0.416 e. The molecule has 0 saturated carbocycles. The molecule has 1 saturated heterocycles. The van der Waals surface area contributed by atoms with Crippen molar-refractivity contribution in [3.63, 3.8) is 0 Å². The number of nitrogens with one attached hydrogen (secondary N) is 1. The highest BCUT2D eigenvalue weighted by molar-refractivity contribution is 5.69. The molecule has 26 heavy (non-hydrogen) atoms. The van der Waals surface area contributed by atoms with E-state index in [1.54, 1.807) is 6.92 Å². The number of aliphatic hydroxyl groups excluding tert-OH is 1. The van der Waals surface area contributed by atoms with E-state index >= 15 is 0 Å². The van der Waals surface area contributed by atoms with Crippen molar-refractivity contribution in [3.8, 4) is 17.0 Å². The quantitative estimate of drug-likeness (QED) is 0.761. The maximum atomic E-state index is 12.7. The summed E-state index contributed by atoms with van der Waals surface area (Å²) in [7, 11) is 0. The van der Waals surface area contributed by atoms with Gasteiger partial charge >= 0.3 is 6.18 Å². The lowest BCUT2D eigenvalue weighted by atomic mass is 10.1. The normalized spacial score (nSPS) is 20.8. The van der Waals surface area contributed by atoms with Crippen molar-refractivity contribution >= 4 is 5.95 Å². The predicted octanol–water partition coefficient (Wildman–Crippen LogP) is 2.13. The number of aryl methyl sites for hydroxylation is 1. The third-order valence-corrected chi connectivity index (χ3v) is 4.08. The lowest BCUT2D eigenvalue weighted by molar-refractivity contribution is -0.137. The van der Waals surface area contributed by atoms with Crippen LogP contribution in [0.3, 0.4) is 0 Å². The largest absolute Gasteiger partial charge is 0.507 e. The minimum Gasteiger partial charge on any atom is -0.507 e. The van der Waals surface area contributed by atoms with Crippen LogP contribution in [-0.2, 0) is 10.9 Å². The second-order valence-corrected chi connectivity index (χ2v) is 5.98. The molecule has 2 atom stereocenters. The SMILES string of the molecule is Cc1nc(N[C@@H]2COCC[C@H]2O)nnc1-c1ccc(C(F)(F)F)cc1O. The number of phenols is 1. The Balaban J connectivity index is 1.84. The molecule has 2 heterocycles. The van der Waals surface area contributed by atoms with Gasteiger partial charge in [0.25, 0.3) is 0 Å². The van der Waals surface area contributed by atoms with Crippen LogP contribution in [0.5, 0.6) is 5.75 Å². The van der Waals surface area contributed by atoms with Crippen molar-refractivity contribution in [1.29, 1.82) is 0 Å². The highest BCUT2D eigenvalue weighted by Crippen LogP contribution is 2.36. The molecule has 0 bridgehead atoms. The maximum absolute atomic E-state index is 12.7. The van der Waals surface area contributed by atoms with Crippen molar-refractivity contribution in [3.05, 3.63) is 29.5 Å². The molecule has 0 radical (unpaired) electrons. The summed E-state index contributed by atoms with van der Waals surface area (Å²) < 4.78 is 43.4. The first-order chi connectivity index (χ1) is 12.3. The van der Waals surface area contributed by atoms with Gasteiger partial charge in [0.05, 0.1) is 30.0 Å². The minimum absolute atomic E-state index is 0.100. The van der Waals surface area contributed by atoms with E-state index in [4.69, 9.17) is 4.74 Å². The number of benzene rings is 1. The van der Waals surface area contributed by atoms with Crippen LogP contribution >= 0.6 is 0 Å². The van der Waals surface area contributed by atoms with Crippen molar-refractivity contribution in [2.45, 2.75) is 31.7 Å². The standard InChI is InChI=1S/C16H17F3N4O3/c1-8-14(10-3-2-9(6-13(10)25)16(17,18)19)22-23-15(20-8)21-11-7-26-5-4-12(11)24/h2-3,6,11-12,24-25H,4-5,7H2,1H3,(H,20,21,23)/t11-,12-/m1/s1. The van der Waals surface area contributed by atoms with E-state index in [1.165, 1.54) is 0 Å². The van der Waals surface area contributed by atoms with Crippen LogP contribution in [0.2, 0.25) is 0 Å². The molecule has 1 fully saturated rings. The summed E-state index contributed by atoms with van der Waals surface area (Å²) in [5.41, 5.74) is -0.323. The fourth-order valence-corrected chi connectivity index (χ4v) is 2.65. The van der Waals surface area contributed by atoms with E-state index in [0.717, 1.165) is 12.1 Å². The molecule has 0 amide bonds. The fourth-order valence-electron chi connectivity index (χ4n) is 2.65. The van der Waals surface area contributed by atoms with Gasteiger partial charge in [0.2, 0.25) is 5.95 Å². The Morgan fingerprint density at radius 1 is 1.27 bits per heavy atom. The Morgan fingerprint density at radius 2 is 2.04 bits per heavy atom. The Bertz CT molecular complexity index is 801. The monoisotopic (exact) mass is 370 g/mol. The van der Waals surface area contributed by atoms with Crippen LogP contribution in [0.15, 0.2) is 18.2 Å². The Hall–Kier alpha value is -2.46. The Kier molecular flexibility index (Phi) is 4.97. The zero-order valence-corrected chi connectivity index (χ0v) is 13.8. The molecule has 0 aliphatic carbocycles. The highest BCUT2D eigenvalue weighted by atomic mass is 19.4. The van der Waals surface area contributed by atoms with Gasteiger partial charge in [-0.15, -0.1) is 10.2 Å². The van der Waals surface area contributed by atoms with Crippen LogP contribution in [0.1, 0.15) is 17.7 Å². The van der Waals surface area contributed by atoms with Gasteiger partial charge in [-0.2, -0.15) is 13.2 Å². The summed E-state index contributed by atoms with van der Waals surface area (Å²) >= 11 is 0. The molecule has 1 aliphatic rings. The first-order valence-electron chi connectivity index (χ1n) is 7.90. The molecule has 1 aromatic carbocycles. The second-order valence-electron chi connectivity index (χ2n) is 5.98. The number of phenolic OH excluding ortho intramolecular Hbond substituents is 1. The molecule has 10 heteroatoms. The van der Waals surface area contributed by atoms with E-state index in [0.29, 0.717) is 31.4 Å². The number of hydrogen-bond acceptors (Lipinski definition) is 7. The van der Waals surface area contributed by atoms with Crippen molar-refractivity contribution in [1.82, 2.24) is 15.2 Å². The number of rotatable bonds is 3. The average Bonchev–Trinajstić information content (AvgIpc) is 2.57. The third-order valence-electron chi connectivity index (χ3n) is 4.08. The zero-order valence-electron chi connectivity index (χ0n) is 13.8. The lowest BCUT2D eigenvalue weighted by Gasteiger charge is -2.28. The molecule has 1 aromatic heterocycles. The number of hydrogen-bond donors (Lipinski definition) is 3. The van der Waals surface area contributed by atoms with Crippen molar-refractivity contribution in [2.75, 3.05) is 18.5 Å². The predicted molar refractivity (Wildman–Crippen MR) is 85.5 cm³/mol. The molecule has 3 rings (SSSR count). The second kappa shape index (κ2) is 7.04. The molecular weight excluding hydrogens is 353 g/mol. The Labute approximate surface area is 146 Å². The van der Waals surface area contributed by atoms with Gasteiger partial charge in [0, 0.05) is 12.2 Å². The van der Waals surface area contributed by atoms with Gasteiger partial charge in [0.15, 0.2) is 0 Å². The van der Waals surface area contributed by atoms with Crippen molar-refractivity contribution in [2.24, 2.45) is 0 Å². The van der Waals surface area contributed by atoms with E-state index in [2.05, 4.69) is 20.5 Å². The maximum Gasteiger partial charge on any atom is 0.416 e. The average molecular weight is 370 g/mol. The molecule has 1 aliphatic heterocycles. The molecule has 0 spiro atoms. The number of nitrogens with zero attached hydrogens (tertiary/aromatic N) is 3. The summed E-state index contributed by atoms with van der Waals surface area (Å²) in [5.74, 6) is -0.400. The molecule has 0 unspecified atom stereocenters. The number of alkyl halides is 3. The van der Waals surface area contributed by atoms with Crippen LogP contribution in [-0.4, -0.2) is 50.8 Å². The summed E-state index contributed by atoms with van der Waals surface area (Å²) in [6, 6.07) is 2.24. The number of aliphatic hydroxyl groups is 1. The first kappa shape index (κ1) is 18.3. The third kappa shape index (κ3) is 3.86. The number of ether oxygens (including phenoxy) is 1. The summed E-state index contributed by atoms with van der Waals surface area (Å²) in [4.78, 5) is 4.21. The lowest BCUT2D eigenvalue weighted by Crippen LogP contribution is -2.42. The first-order valence-corrected chi connectivity index (χ1v) is 7.90. The van der Waals surface area contributed by atoms with Crippen LogP contribution < -0.4 is 5.32 Å². The zero-order chi connectivity index (χ0) is 18.9. The van der Waals surface area contributed by atoms with Gasteiger partial charge < -0.3 is 20.3 Å². The number of aromatic nitrogens is 3. The highest BCUT2D eigenvalue weighted by Gasteiger charge is 2.31. The number of aromatic hydroxyl groups is 1. The number of halogens is 3. The van der Waals surface area contributed by atoms with E-state index in [9.17, 15) is 23.4 Å². The topological polar surface area (TPSA) is 100 Å². The Morgan fingerprint density at radius 3 is 2.65 bits per heavy atom. The van der Waals surface area contributed by atoms with Gasteiger partial charge in [-0.05, 0) is 31.5 Å². The summed E-state index contributed by atoms with van der Waals surface area (Å²) in [6.45, 7) is 2.37. The van der Waals surface area contributed by atoms with E-state index < -0.39 is 23.6 Å². The minimum atomic E-state index is -4.55. The summed E-state index contributed by atoms with van der Waals surface area (Å²) in [6.07, 6.45) is -4.67. The summed E-state index contributed by atoms with van der Waals surface area (Å²) in [5, 5.41) is 30.6. The molecule has 7 nitrogen and oxygen atoms in total.